The Morgan fingerprint density at radius 2 is 1.93 bits per heavy atom. The van der Waals surface area contributed by atoms with Gasteiger partial charge < -0.3 is 13.9 Å². The molecular weight excluding hydrogens is 409 g/mol. The Morgan fingerprint density at radius 1 is 1.21 bits per heavy atom. The van der Waals surface area contributed by atoms with Crippen LogP contribution < -0.4 is 5.63 Å². The SMILES string of the molecule is Cc1c(CC(F)(F)F)c(=O)oc2cc(SCCOCCOC(=O)C(C)C)ccc12. The van der Waals surface area contributed by atoms with E-state index >= 15 is 0 Å². The van der Waals surface area contributed by atoms with Crippen molar-refractivity contribution in [2.24, 2.45) is 5.92 Å². The molecule has 0 saturated heterocycles. The van der Waals surface area contributed by atoms with Gasteiger partial charge in [-0.15, -0.1) is 11.8 Å². The van der Waals surface area contributed by atoms with E-state index in [9.17, 15) is 22.8 Å². The highest BCUT2D eigenvalue weighted by Crippen LogP contribution is 2.28. The molecule has 0 atom stereocenters. The van der Waals surface area contributed by atoms with E-state index in [1.165, 1.54) is 18.7 Å². The van der Waals surface area contributed by atoms with Gasteiger partial charge in [-0.3, -0.25) is 4.79 Å². The number of carbonyl (C=O) groups is 1. The molecule has 0 fully saturated rings. The first-order valence-corrected chi connectivity index (χ1v) is 10.1. The molecule has 0 aliphatic rings. The van der Waals surface area contributed by atoms with Gasteiger partial charge in [0.2, 0.25) is 0 Å². The van der Waals surface area contributed by atoms with E-state index in [0.29, 0.717) is 24.4 Å². The standard InChI is InChI=1S/C20H23F3O5S/c1-12(2)18(24)27-7-6-26-8-9-29-14-4-5-15-13(3)16(11-20(21,22)23)19(25)28-17(15)10-14/h4-5,10,12H,6-9,11H2,1-3H3. The summed E-state index contributed by atoms with van der Waals surface area (Å²) in [6, 6.07) is 5.06. The van der Waals surface area contributed by atoms with E-state index in [-0.39, 0.29) is 35.2 Å². The number of halogens is 3. The van der Waals surface area contributed by atoms with E-state index in [4.69, 9.17) is 13.9 Å². The van der Waals surface area contributed by atoms with Gasteiger partial charge in [0.05, 0.1) is 31.1 Å². The Bertz CT molecular complexity index is 905. The van der Waals surface area contributed by atoms with Gasteiger partial charge in [0, 0.05) is 16.0 Å². The van der Waals surface area contributed by atoms with Crippen LogP contribution in [-0.4, -0.2) is 37.7 Å². The molecule has 0 amide bonds. The van der Waals surface area contributed by atoms with Crippen LogP contribution in [-0.2, 0) is 20.7 Å². The van der Waals surface area contributed by atoms with Crippen molar-refractivity contribution in [2.75, 3.05) is 25.6 Å². The van der Waals surface area contributed by atoms with Gasteiger partial charge >= 0.3 is 17.8 Å². The number of ether oxygens (including phenoxy) is 2. The Labute approximate surface area is 170 Å². The Hall–Kier alpha value is -2.00. The van der Waals surface area contributed by atoms with Crippen molar-refractivity contribution in [1.82, 2.24) is 0 Å². The zero-order chi connectivity index (χ0) is 21.6. The largest absolute Gasteiger partial charge is 0.463 e. The molecule has 160 valence electrons. The maximum absolute atomic E-state index is 12.7. The zero-order valence-corrected chi connectivity index (χ0v) is 17.2. The fraction of sp³-hybridized carbons (Fsp3) is 0.500. The quantitative estimate of drug-likeness (QED) is 0.251. The molecule has 0 bridgehead atoms. The topological polar surface area (TPSA) is 65.7 Å². The first-order valence-electron chi connectivity index (χ1n) is 9.08. The average molecular weight is 432 g/mol. The lowest BCUT2D eigenvalue weighted by Gasteiger charge is -2.11. The van der Waals surface area contributed by atoms with Crippen molar-refractivity contribution in [3.63, 3.8) is 0 Å². The van der Waals surface area contributed by atoms with Crippen LogP contribution in [0.3, 0.4) is 0 Å². The normalized spacial score (nSPS) is 12.0. The molecule has 1 aromatic heterocycles. The third-order valence-corrected chi connectivity index (χ3v) is 5.03. The fourth-order valence-electron chi connectivity index (χ4n) is 2.56. The summed E-state index contributed by atoms with van der Waals surface area (Å²) in [5.74, 6) is 0.167. The number of alkyl halides is 3. The Kier molecular flexibility index (Phi) is 8.15. The van der Waals surface area contributed by atoms with Crippen LogP contribution >= 0.6 is 11.8 Å². The highest BCUT2D eigenvalue weighted by molar-refractivity contribution is 7.99. The summed E-state index contributed by atoms with van der Waals surface area (Å²) in [6.45, 7) is 5.92. The first-order chi connectivity index (χ1) is 13.6. The van der Waals surface area contributed by atoms with Gasteiger partial charge in [0.25, 0.3) is 0 Å². The van der Waals surface area contributed by atoms with Gasteiger partial charge in [-0.25, -0.2) is 4.79 Å². The van der Waals surface area contributed by atoms with Crippen LogP contribution in [0.4, 0.5) is 13.2 Å². The molecule has 2 aromatic rings. The molecule has 1 heterocycles. The molecule has 0 aliphatic carbocycles. The molecular formula is C20H23F3O5S. The lowest BCUT2D eigenvalue weighted by molar-refractivity contribution is -0.148. The van der Waals surface area contributed by atoms with E-state index in [0.717, 1.165) is 4.90 Å². The summed E-state index contributed by atoms with van der Waals surface area (Å²) in [7, 11) is 0. The summed E-state index contributed by atoms with van der Waals surface area (Å²) in [5.41, 5.74) is -0.792. The molecule has 0 aliphatic heterocycles. The summed E-state index contributed by atoms with van der Waals surface area (Å²) in [6.07, 6.45) is -5.78. The smallest absolute Gasteiger partial charge is 0.393 e. The number of carbonyl (C=O) groups excluding carboxylic acids is 1. The number of aryl methyl sites for hydroxylation is 1. The first kappa shape index (κ1) is 23.3. The molecule has 5 nitrogen and oxygen atoms in total. The maximum Gasteiger partial charge on any atom is 0.393 e. The number of fused-ring (bicyclic) bond motifs is 1. The minimum atomic E-state index is -4.48. The number of esters is 1. The molecule has 0 spiro atoms. The monoisotopic (exact) mass is 432 g/mol. The van der Waals surface area contributed by atoms with Crippen LogP contribution in [0.15, 0.2) is 32.3 Å². The second kappa shape index (κ2) is 10.2. The number of thioether (sulfide) groups is 1. The third kappa shape index (κ3) is 7.08. The molecule has 0 saturated carbocycles. The Balaban J connectivity index is 1.91. The van der Waals surface area contributed by atoms with Crippen LogP contribution in [0.5, 0.6) is 0 Å². The lowest BCUT2D eigenvalue weighted by Crippen LogP contribution is -2.20. The van der Waals surface area contributed by atoms with Gasteiger partial charge in [0.1, 0.15) is 12.2 Å². The molecule has 0 unspecified atom stereocenters. The number of rotatable bonds is 9. The highest BCUT2D eigenvalue weighted by atomic mass is 32.2. The van der Waals surface area contributed by atoms with Gasteiger partial charge in [-0.1, -0.05) is 13.8 Å². The van der Waals surface area contributed by atoms with Crippen LogP contribution in [0, 0.1) is 12.8 Å². The molecule has 0 N–H and O–H groups in total. The highest BCUT2D eigenvalue weighted by Gasteiger charge is 2.31. The van der Waals surface area contributed by atoms with Crippen molar-refractivity contribution in [3.05, 3.63) is 39.7 Å². The van der Waals surface area contributed by atoms with E-state index in [1.807, 2.05) is 0 Å². The van der Waals surface area contributed by atoms with Crippen molar-refractivity contribution < 1.29 is 31.9 Å². The summed E-state index contributed by atoms with van der Waals surface area (Å²) in [4.78, 5) is 24.1. The minimum absolute atomic E-state index is 0.174. The second-order valence-electron chi connectivity index (χ2n) is 6.73. The molecule has 29 heavy (non-hydrogen) atoms. The number of hydrogen-bond acceptors (Lipinski definition) is 6. The van der Waals surface area contributed by atoms with E-state index in [2.05, 4.69) is 0 Å². The summed E-state index contributed by atoms with van der Waals surface area (Å²) in [5, 5.41) is 0.483. The van der Waals surface area contributed by atoms with E-state index in [1.54, 1.807) is 32.0 Å². The third-order valence-electron chi connectivity index (χ3n) is 4.08. The van der Waals surface area contributed by atoms with Crippen molar-refractivity contribution in [3.8, 4) is 0 Å². The van der Waals surface area contributed by atoms with Crippen LogP contribution in [0.1, 0.15) is 25.0 Å². The average Bonchev–Trinajstić information content (AvgIpc) is 2.63. The fourth-order valence-corrected chi connectivity index (χ4v) is 3.35. The summed E-state index contributed by atoms with van der Waals surface area (Å²) < 4.78 is 53.5. The van der Waals surface area contributed by atoms with Crippen LogP contribution in [0.25, 0.3) is 11.0 Å². The lowest BCUT2D eigenvalue weighted by atomic mass is 10.0. The summed E-state index contributed by atoms with van der Waals surface area (Å²) >= 11 is 1.46. The van der Waals surface area contributed by atoms with Gasteiger partial charge in [0.15, 0.2) is 0 Å². The minimum Gasteiger partial charge on any atom is -0.463 e. The molecule has 2 rings (SSSR count). The molecule has 9 heteroatoms. The van der Waals surface area contributed by atoms with Crippen molar-refractivity contribution >= 4 is 28.7 Å². The Morgan fingerprint density at radius 3 is 2.59 bits per heavy atom. The zero-order valence-electron chi connectivity index (χ0n) is 16.4. The van der Waals surface area contributed by atoms with Crippen LogP contribution in [0.2, 0.25) is 0 Å². The van der Waals surface area contributed by atoms with Crippen molar-refractivity contribution in [2.45, 2.75) is 38.3 Å². The van der Waals surface area contributed by atoms with E-state index < -0.39 is 18.2 Å². The van der Waals surface area contributed by atoms with Crippen molar-refractivity contribution in [1.29, 1.82) is 0 Å². The molecule has 1 aromatic carbocycles. The predicted octanol–water partition coefficient (Wildman–Crippen LogP) is 4.51. The maximum atomic E-state index is 12.7. The number of benzene rings is 1. The van der Waals surface area contributed by atoms with Gasteiger partial charge in [-0.2, -0.15) is 13.2 Å². The predicted molar refractivity (Wildman–Crippen MR) is 104 cm³/mol. The van der Waals surface area contributed by atoms with Gasteiger partial charge in [-0.05, 0) is 30.7 Å². The number of hydrogen-bond donors (Lipinski definition) is 0. The second-order valence-corrected chi connectivity index (χ2v) is 7.89. The molecule has 0 radical (unpaired) electrons.